The van der Waals surface area contributed by atoms with E-state index in [2.05, 4.69) is 10.3 Å². The molecule has 0 aliphatic rings. The maximum Gasteiger partial charge on any atom is 0.326 e. The highest BCUT2D eigenvalue weighted by Gasteiger charge is 2.25. The zero-order valence-corrected chi connectivity index (χ0v) is 10.5. The van der Waals surface area contributed by atoms with E-state index >= 15 is 0 Å². The molecule has 0 bridgehead atoms. The van der Waals surface area contributed by atoms with Crippen LogP contribution in [-0.4, -0.2) is 32.9 Å². The number of pyridine rings is 1. The fourth-order valence-electron chi connectivity index (χ4n) is 1.32. The van der Waals surface area contributed by atoms with E-state index in [9.17, 15) is 19.7 Å². The second-order valence-corrected chi connectivity index (χ2v) is 3.94. The second kappa shape index (κ2) is 6.10. The Labute approximate surface area is 112 Å². The highest BCUT2D eigenvalue weighted by atomic mass is 35.5. The smallest absolute Gasteiger partial charge is 0.326 e. The van der Waals surface area contributed by atoms with Gasteiger partial charge in [-0.25, -0.2) is 9.78 Å². The van der Waals surface area contributed by atoms with E-state index in [-0.39, 0.29) is 17.1 Å². The molecule has 8 nitrogen and oxygen atoms in total. The first-order valence-corrected chi connectivity index (χ1v) is 5.58. The summed E-state index contributed by atoms with van der Waals surface area (Å²) < 4.78 is 0. The maximum atomic E-state index is 11.8. The van der Waals surface area contributed by atoms with E-state index in [0.717, 1.165) is 12.3 Å². The van der Waals surface area contributed by atoms with E-state index in [0.29, 0.717) is 0 Å². The van der Waals surface area contributed by atoms with Gasteiger partial charge in [0.25, 0.3) is 11.6 Å². The van der Waals surface area contributed by atoms with Crippen molar-refractivity contribution >= 4 is 29.2 Å². The Morgan fingerprint density at radius 2 is 2.26 bits per heavy atom. The number of aromatic nitrogens is 1. The highest BCUT2D eigenvalue weighted by molar-refractivity contribution is 6.29. The number of carboxylic acid groups (broad SMARTS) is 1. The largest absolute Gasteiger partial charge is 0.480 e. The van der Waals surface area contributed by atoms with Crippen molar-refractivity contribution in [1.29, 1.82) is 0 Å². The molecule has 2 N–H and O–H groups in total. The molecule has 19 heavy (non-hydrogen) atoms. The molecule has 1 aromatic heterocycles. The summed E-state index contributed by atoms with van der Waals surface area (Å²) in [5, 5.41) is 21.6. The van der Waals surface area contributed by atoms with Crippen molar-refractivity contribution in [3.8, 4) is 0 Å². The number of rotatable bonds is 5. The fraction of sp³-hybridized carbons (Fsp3) is 0.300. The van der Waals surface area contributed by atoms with Gasteiger partial charge in [0.1, 0.15) is 23.0 Å². The molecule has 0 radical (unpaired) electrons. The van der Waals surface area contributed by atoms with E-state index in [1.807, 2.05) is 0 Å². The van der Waals surface area contributed by atoms with Crippen LogP contribution in [0.1, 0.15) is 23.7 Å². The average molecular weight is 288 g/mol. The van der Waals surface area contributed by atoms with Gasteiger partial charge in [-0.15, -0.1) is 0 Å². The standard InChI is InChI=1S/C10H10ClN3O5/c1-2-6(10(16)17)13-9(15)5-3-8(11)12-4-7(5)14(18)19/h3-4,6H,2H2,1H3,(H,13,15)(H,16,17)/t6-/m1/s1. The Kier molecular flexibility index (Phi) is 4.76. The van der Waals surface area contributed by atoms with Gasteiger partial charge in [0, 0.05) is 0 Å². The lowest BCUT2D eigenvalue weighted by Gasteiger charge is -2.12. The molecule has 1 aromatic rings. The minimum Gasteiger partial charge on any atom is -0.480 e. The summed E-state index contributed by atoms with van der Waals surface area (Å²) in [5.74, 6) is -2.11. The fourth-order valence-corrected chi connectivity index (χ4v) is 1.48. The Morgan fingerprint density at radius 1 is 1.63 bits per heavy atom. The van der Waals surface area contributed by atoms with Crippen molar-refractivity contribution in [2.24, 2.45) is 0 Å². The molecule has 1 rings (SSSR count). The summed E-state index contributed by atoms with van der Waals surface area (Å²) >= 11 is 5.57. The van der Waals surface area contributed by atoms with Crippen molar-refractivity contribution in [3.05, 3.63) is 33.1 Å². The molecule has 0 fully saturated rings. The number of carbonyl (C=O) groups is 2. The number of hydrogen-bond donors (Lipinski definition) is 2. The topological polar surface area (TPSA) is 122 Å². The van der Waals surface area contributed by atoms with Crippen LogP contribution < -0.4 is 5.32 Å². The lowest BCUT2D eigenvalue weighted by Crippen LogP contribution is -2.40. The minimum atomic E-state index is -1.22. The average Bonchev–Trinajstić information content (AvgIpc) is 2.34. The molecule has 0 saturated heterocycles. The second-order valence-electron chi connectivity index (χ2n) is 3.55. The lowest BCUT2D eigenvalue weighted by molar-refractivity contribution is -0.385. The quantitative estimate of drug-likeness (QED) is 0.477. The third-order valence-corrected chi connectivity index (χ3v) is 2.51. The van der Waals surface area contributed by atoms with Crippen LogP contribution in [0.2, 0.25) is 5.15 Å². The van der Waals surface area contributed by atoms with Gasteiger partial charge in [0.15, 0.2) is 0 Å². The van der Waals surface area contributed by atoms with Crippen LogP contribution in [0.15, 0.2) is 12.3 Å². The van der Waals surface area contributed by atoms with Crippen molar-refractivity contribution in [2.45, 2.75) is 19.4 Å². The van der Waals surface area contributed by atoms with Gasteiger partial charge in [-0.3, -0.25) is 14.9 Å². The SMILES string of the molecule is CC[C@@H](NC(=O)c1cc(Cl)ncc1[N+](=O)[O-])C(=O)O. The maximum absolute atomic E-state index is 11.8. The predicted octanol–water partition coefficient (Wildman–Crippen LogP) is 1.24. The van der Waals surface area contributed by atoms with E-state index in [4.69, 9.17) is 16.7 Å². The summed E-state index contributed by atoms with van der Waals surface area (Å²) in [7, 11) is 0. The van der Waals surface area contributed by atoms with Gasteiger partial charge in [-0.1, -0.05) is 18.5 Å². The first-order valence-electron chi connectivity index (χ1n) is 5.20. The van der Waals surface area contributed by atoms with Gasteiger partial charge in [0.2, 0.25) is 0 Å². The summed E-state index contributed by atoms with van der Waals surface area (Å²) in [4.78, 5) is 36.1. The van der Waals surface area contributed by atoms with Crippen molar-refractivity contribution < 1.29 is 19.6 Å². The van der Waals surface area contributed by atoms with Crippen molar-refractivity contribution in [2.75, 3.05) is 0 Å². The van der Waals surface area contributed by atoms with Gasteiger partial charge in [-0.05, 0) is 12.5 Å². The number of halogens is 1. The van der Waals surface area contributed by atoms with Crippen LogP contribution in [-0.2, 0) is 4.79 Å². The van der Waals surface area contributed by atoms with Gasteiger partial charge in [0.05, 0.1) is 4.92 Å². The summed E-state index contributed by atoms with van der Waals surface area (Å²) in [6.07, 6.45) is 0.993. The van der Waals surface area contributed by atoms with Crippen LogP contribution in [0.4, 0.5) is 5.69 Å². The molecule has 102 valence electrons. The molecule has 1 heterocycles. The molecule has 1 atom stereocenters. The Hall–Kier alpha value is -2.22. The van der Waals surface area contributed by atoms with Gasteiger partial charge >= 0.3 is 5.97 Å². The summed E-state index contributed by atoms with van der Waals surface area (Å²) in [6.45, 7) is 1.56. The number of aliphatic carboxylic acids is 1. The number of carbonyl (C=O) groups excluding carboxylic acids is 1. The molecule has 1 amide bonds. The molecule has 0 unspecified atom stereocenters. The number of carboxylic acids is 1. The van der Waals surface area contributed by atoms with Crippen LogP contribution in [0.3, 0.4) is 0 Å². The summed E-state index contributed by atoms with van der Waals surface area (Å²) in [6, 6.07) is -0.108. The third-order valence-electron chi connectivity index (χ3n) is 2.30. The number of nitrogens with one attached hydrogen (secondary N) is 1. The van der Waals surface area contributed by atoms with Crippen molar-refractivity contribution in [1.82, 2.24) is 10.3 Å². The third kappa shape index (κ3) is 3.62. The molecule has 0 aliphatic carbocycles. The van der Waals surface area contributed by atoms with Crippen LogP contribution >= 0.6 is 11.6 Å². The van der Waals surface area contributed by atoms with Crippen molar-refractivity contribution in [3.63, 3.8) is 0 Å². The van der Waals surface area contributed by atoms with Gasteiger partial charge in [-0.2, -0.15) is 0 Å². The lowest BCUT2D eigenvalue weighted by atomic mass is 10.1. The van der Waals surface area contributed by atoms with Crippen LogP contribution in [0.5, 0.6) is 0 Å². The Balaban J connectivity index is 3.08. The van der Waals surface area contributed by atoms with Gasteiger partial charge < -0.3 is 10.4 Å². The van der Waals surface area contributed by atoms with Crippen LogP contribution in [0, 0.1) is 10.1 Å². The first kappa shape index (κ1) is 14.8. The molecule has 0 spiro atoms. The molecular weight excluding hydrogens is 278 g/mol. The molecular formula is C10H10ClN3O5. The number of hydrogen-bond acceptors (Lipinski definition) is 5. The summed E-state index contributed by atoms with van der Waals surface area (Å²) in [5.41, 5.74) is -0.869. The molecule has 0 saturated carbocycles. The number of nitro groups is 1. The number of nitrogens with zero attached hydrogens (tertiary/aromatic N) is 2. The van der Waals surface area contributed by atoms with Crippen LogP contribution in [0.25, 0.3) is 0 Å². The highest BCUT2D eigenvalue weighted by Crippen LogP contribution is 2.20. The Morgan fingerprint density at radius 3 is 2.74 bits per heavy atom. The number of amides is 1. The molecule has 0 aromatic carbocycles. The molecule has 0 aliphatic heterocycles. The monoisotopic (exact) mass is 287 g/mol. The minimum absolute atomic E-state index is 0.0980. The van der Waals surface area contributed by atoms with E-state index in [1.54, 1.807) is 6.92 Å². The molecule has 9 heteroatoms. The van der Waals surface area contributed by atoms with E-state index in [1.165, 1.54) is 0 Å². The predicted molar refractivity (Wildman–Crippen MR) is 65.1 cm³/mol. The normalized spacial score (nSPS) is 11.7. The zero-order chi connectivity index (χ0) is 14.6. The van der Waals surface area contributed by atoms with E-state index < -0.39 is 28.5 Å². The Bertz CT molecular complexity index is 534. The zero-order valence-electron chi connectivity index (χ0n) is 9.79. The first-order chi connectivity index (χ1) is 8.86.